The van der Waals surface area contributed by atoms with Crippen molar-refractivity contribution in [2.45, 2.75) is 44.7 Å². The lowest BCUT2D eigenvalue weighted by Crippen LogP contribution is -2.39. The Kier molecular flexibility index (Phi) is 8.52. The highest BCUT2D eigenvalue weighted by Gasteiger charge is 2.39. The van der Waals surface area contributed by atoms with E-state index >= 15 is 0 Å². The molecule has 2 heterocycles. The molecule has 0 bridgehead atoms. The number of halogens is 1. The first-order valence-electron chi connectivity index (χ1n) is 12.2. The Balaban J connectivity index is 1.48. The van der Waals surface area contributed by atoms with E-state index in [1.54, 1.807) is 25.3 Å². The molecule has 0 saturated carbocycles. The fourth-order valence-electron chi connectivity index (χ4n) is 4.30. The number of aliphatic imine (C=N–C) groups is 2. The molecule has 0 atom stereocenters. The minimum absolute atomic E-state index is 0.113. The minimum Gasteiger partial charge on any atom is -0.495 e. The molecule has 2 aliphatic rings. The van der Waals surface area contributed by atoms with Crippen LogP contribution in [0.3, 0.4) is 0 Å². The number of nitrogens with zero attached hydrogens (tertiary/aromatic N) is 3. The summed E-state index contributed by atoms with van der Waals surface area (Å²) in [5, 5.41) is 4.22. The van der Waals surface area contributed by atoms with Crippen LogP contribution in [-0.4, -0.2) is 60.2 Å². The third kappa shape index (κ3) is 6.46. The number of likely N-dealkylation sites (tertiary alicyclic amines) is 1. The van der Waals surface area contributed by atoms with Gasteiger partial charge >= 0.3 is 0 Å². The number of unbranched alkanes of at least 4 members (excludes halogenated alkanes) is 1. The molecule has 1 spiro atoms. The number of benzene rings is 2. The number of carbonyl (C=O) groups excluding carboxylic acids is 1. The molecule has 35 heavy (non-hydrogen) atoms. The Morgan fingerprint density at radius 1 is 1.17 bits per heavy atom. The summed E-state index contributed by atoms with van der Waals surface area (Å²) < 4.78 is 5.18. The highest BCUT2D eigenvalue weighted by atomic mass is 35.5. The molecule has 2 aromatic carbocycles. The normalized spacial score (nSPS) is 17.3. The van der Waals surface area contributed by atoms with Crippen molar-refractivity contribution in [2.24, 2.45) is 9.98 Å². The van der Waals surface area contributed by atoms with Crippen LogP contribution in [-0.2, 0) is 11.2 Å². The zero-order valence-corrected chi connectivity index (χ0v) is 22.2. The molecule has 2 aromatic rings. The van der Waals surface area contributed by atoms with Crippen molar-refractivity contribution >= 4 is 45.7 Å². The van der Waals surface area contributed by atoms with E-state index in [1.807, 2.05) is 0 Å². The van der Waals surface area contributed by atoms with Crippen LogP contribution in [0.25, 0.3) is 0 Å². The number of carbonyl (C=O) groups is 1. The number of piperidine rings is 1. The van der Waals surface area contributed by atoms with Crippen molar-refractivity contribution < 1.29 is 9.53 Å². The van der Waals surface area contributed by atoms with E-state index in [0.717, 1.165) is 48.7 Å². The summed E-state index contributed by atoms with van der Waals surface area (Å²) in [6, 6.07) is 13.9. The Bertz CT molecular complexity index is 1110. The summed E-state index contributed by atoms with van der Waals surface area (Å²) in [6.45, 7) is 4.14. The van der Waals surface area contributed by atoms with Crippen LogP contribution in [0.15, 0.2) is 52.4 Å². The van der Waals surface area contributed by atoms with Crippen LogP contribution < -0.4 is 10.1 Å². The number of anilines is 1. The molecule has 186 valence electrons. The Morgan fingerprint density at radius 2 is 1.91 bits per heavy atom. The van der Waals surface area contributed by atoms with Gasteiger partial charge in [0, 0.05) is 37.2 Å². The maximum absolute atomic E-state index is 12.7. The van der Waals surface area contributed by atoms with Crippen LogP contribution in [0.2, 0.25) is 5.02 Å². The van der Waals surface area contributed by atoms with E-state index < -0.39 is 5.66 Å². The van der Waals surface area contributed by atoms with Crippen molar-refractivity contribution in [3.8, 4) is 5.75 Å². The second kappa shape index (κ2) is 11.6. The summed E-state index contributed by atoms with van der Waals surface area (Å²) in [6.07, 6.45) is 5.24. The topological polar surface area (TPSA) is 66.3 Å². The largest absolute Gasteiger partial charge is 0.495 e. The van der Waals surface area contributed by atoms with E-state index in [9.17, 15) is 4.79 Å². The molecule has 0 aliphatic carbocycles. The molecule has 0 unspecified atom stereocenters. The molecule has 0 aromatic heterocycles. The van der Waals surface area contributed by atoms with Gasteiger partial charge in [-0.2, -0.15) is 0 Å². The third-order valence-electron chi connectivity index (χ3n) is 6.44. The summed E-state index contributed by atoms with van der Waals surface area (Å²) in [7, 11) is 3.70. The average molecular weight is 513 g/mol. The van der Waals surface area contributed by atoms with Gasteiger partial charge in [-0.25, -0.2) is 4.99 Å². The molecule has 1 amide bonds. The van der Waals surface area contributed by atoms with Crippen LogP contribution in [0.5, 0.6) is 5.75 Å². The summed E-state index contributed by atoms with van der Waals surface area (Å²) >= 11 is 7.64. The number of ether oxygens (including phenoxy) is 1. The van der Waals surface area contributed by atoms with Gasteiger partial charge in [-0.1, -0.05) is 61.0 Å². The second-order valence-electron chi connectivity index (χ2n) is 9.15. The summed E-state index contributed by atoms with van der Waals surface area (Å²) in [5.41, 5.74) is 3.53. The highest BCUT2D eigenvalue weighted by Crippen LogP contribution is 2.35. The predicted molar refractivity (Wildman–Crippen MR) is 148 cm³/mol. The van der Waals surface area contributed by atoms with Crippen LogP contribution in [0.1, 0.15) is 43.7 Å². The van der Waals surface area contributed by atoms with E-state index in [-0.39, 0.29) is 11.7 Å². The number of hydrogen-bond donors (Lipinski definition) is 1. The minimum atomic E-state index is -0.412. The lowest BCUT2D eigenvalue weighted by molar-refractivity contribution is -0.113. The lowest BCUT2D eigenvalue weighted by Gasteiger charge is -2.33. The standard InChI is InChI=1S/C27H33ClN4O2S/c1-4-5-6-19-7-9-20(10-8-19)25-26(31-27(30-25)13-15-32(2)16-14-27)35-18-24(33)29-21-11-12-23(34-3)22(28)17-21/h7-12,17H,4-6,13-16,18H2,1-3H3,(H,29,33). The van der Waals surface area contributed by atoms with Crippen LogP contribution in [0.4, 0.5) is 5.69 Å². The fourth-order valence-corrected chi connectivity index (χ4v) is 5.43. The number of amides is 1. The van der Waals surface area contributed by atoms with Crippen molar-refractivity contribution in [1.29, 1.82) is 0 Å². The Labute approximate surface area is 217 Å². The summed E-state index contributed by atoms with van der Waals surface area (Å²) in [4.78, 5) is 25.3. The van der Waals surface area contributed by atoms with Crippen LogP contribution in [0, 0.1) is 0 Å². The monoisotopic (exact) mass is 512 g/mol. The van der Waals surface area contributed by atoms with Gasteiger partial charge in [0.15, 0.2) is 5.66 Å². The molecule has 6 nitrogen and oxygen atoms in total. The highest BCUT2D eigenvalue weighted by molar-refractivity contribution is 8.16. The summed E-state index contributed by atoms with van der Waals surface area (Å²) in [5.74, 6) is 0.702. The maximum Gasteiger partial charge on any atom is 0.234 e. The van der Waals surface area contributed by atoms with E-state index in [1.165, 1.54) is 30.2 Å². The van der Waals surface area contributed by atoms with Crippen molar-refractivity contribution in [3.05, 3.63) is 58.6 Å². The van der Waals surface area contributed by atoms with Crippen molar-refractivity contribution in [1.82, 2.24) is 4.90 Å². The molecule has 1 fully saturated rings. The first kappa shape index (κ1) is 25.7. The first-order valence-corrected chi connectivity index (χ1v) is 13.5. The van der Waals surface area contributed by atoms with E-state index in [2.05, 4.69) is 48.5 Å². The van der Waals surface area contributed by atoms with Gasteiger partial charge in [-0.15, -0.1) is 0 Å². The maximum atomic E-state index is 12.7. The van der Waals surface area contributed by atoms with E-state index in [4.69, 9.17) is 26.3 Å². The lowest BCUT2D eigenvalue weighted by atomic mass is 9.99. The van der Waals surface area contributed by atoms with Gasteiger partial charge in [0.25, 0.3) is 0 Å². The smallest absolute Gasteiger partial charge is 0.234 e. The van der Waals surface area contributed by atoms with Crippen molar-refractivity contribution in [2.75, 3.05) is 38.3 Å². The van der Waals surface area contributed by atoms with Gasteiger partial charge in [0.2, 0.25) is 5.91 Å². The van der Waals surface area contributed by atoms with Gasteiger partial charge in [0.1, 0.15) is 10.8 Å². The average Bonchev–Trinajstić information content (AvgIpc) is 3.22. The molecule has 8 heteroatoms. The molecule has 4 rings (SSSR count). The number of methoxy groups -OCH3 is 1. The number of rotatable bonds is 8. The first-order chi connectivity index (χ1) is 16.9. The van der Waals surface area contributed by atoms with Crippen molar-refractivity contribution in [3.63, 3.8) is 0 Å². The molecular weight excluding hydrogens is 480 g/mol. The third-order valence-corrected chi connectivity index (χ3v) is 7.70. The number of nitrogens with one attached hydrogen (secondary N) is 1. The zero-order valence-electron chi connectivity index (χ0n) is 20.6. The number of hydrogen-bond acceptors (Lipinski definition) is 6. The predicted octanol–water partition coefficient (Wildman–Crippen LogP) is 5.69. The van der Waals surface area contributed by atoms with Crippen LogP contribution >= 0.6 is 23.4 Å². The zero-order chi connectivity index (χ0) is 24.8. The van der Waals surface area contributed by atoms with Gasteiger partial charge in [-0.05, 0) is 43.7 Å². The SMILES string of the molecule is CCCCc1ccc(C2=NC3(CCN(C)CC3)N=C2SCC(=O)Nc2ccc(OC)c(Cl)c2)cc1. The second-order valence-corrected chi connectivity index (χ2v) is 10.5. The Morgan fingerprint density at radius 3 is 2.57 bits per heavy atom. The number of aryl methyl sites for hydroxylation is 1. The fraction of sp³-hybridized carbons (Fsp3) is 0.444. The number of thioether (sulfide) groups is 1. The van der Waals surface area contributed by atoms with Gasteiger partial charge in [-0.3, -0.25) is 9.79 Å². The van der Waals surface area contributed by atoms with Gasteiger partial charge in [0.05, 0.1) is 23.6 Å². The molecule has 1 saturated heterocycles. The van der Waals surface area contributed by atoms with E-state index in [0.29, 0.717) is 16.5 Å². The molecule has 1 N–H and O–H groups in total. The molecule has 0 radical (unpaired) electrons. The Hall–Kier alpha value is -2.35. The van der Waals surface area contributed by atoms with Gasteiger partial charge < -0.3 is 15.0 Å². The molecule has 2 aliphatic heterocycles. The molecular formula is C27H33ClN4O2S. The quantitative estimate of drug-likeness (QED) is 0.493.